The summed E-state index contributed by atoms with van der Waals surface area (Å²) in [6, 6.07) is 0. The Bertz CT molecular complexity index is 154. The molecule has 1 saturated carbocycles. The summed E-state index contributed by atoms with van der Waals surface area (Å²) in [6.45, 7) is 4.43. The van der Waals surface area contributed by atoms with Crippen LogP contribution in [0.4, 0.5) is 0 Å². The Morgan fingerprint density at radius 2 is 2.33 bits per heavy atom. The van der Waals surface area contributed by atoms with Crippen molar-refractivity contribution in [3.05, 3.63) is 5.92 Å². The van der Waals surface area contributed by atoms with Crippen molar-refractivity contribution in [2.45, 2.75) is 39.5 Å². The lowest BCUT2D eigenvalue weighted by molar-refractivity contribution is -0.148. The standard InChI is InChI=1S/C10H17O2/c1-3-12-10(11)9-7-5-4-6-8(9)2/h9H,3-7H2,1-2H3. The molecule has 0 spiro atoms. The second kappa shape index (κ2) is 4.48. The van der Waals surface area contributed by atoms with E-state index in [1.165, 1.54) is 18.8 Å². The van der Waals surface area contributed by atoms with Crippen LogP contribution in [0.3, 0.4) is 0 Å². The molecule has 1 aliphatic rings. The van der Waals surface area contributed by atoms with E-state index in [4.69, 9.17) is 4.74 Å². The summed E-state index contributed by atoms with van der Waals surface area (Å²) in [6.07, 6.45) is 4.50. The normalized spacial score (nSPS) is 25.3. The predicted molar refractivity (Wildman–Crippen MR) is 47.5 cm³/mol. The van der Waals surface area contributed by atoms with Gasteiger partial charge in [0.2, 0.25) is 0 Å². The van der Waals surface area contributed by atoms with Gasteiger partial charge in [0.25, 0.3) is 0 Å². The molecule has 0 amide bonds. The number of esters is 1. The molecule has 2 nitrogen and oxygen atoms in total. The largest absolute Gasteiger partial charge is 0.466 e. The summed E-state index contributed by atoms with van der Waals surface area (Å²) >= 11 is 0. The number of hydrogen-bond acceptors (Lipinski definition) is 2. The van der Waals surface area contributed by atoms with Crippen molar-refractivity contribution in [2.75, 3.05) is 6.61 Å². The summed E-state index contributed by atoms with van der Waals surface area (Å²) in [7, 11) is 0. The minimum Gasteiger partial charge on any atom is -0.466 e. The van der Waals surface area contributed by atoms with Gasteiger partial charge in [-0.25, -0.2) is 0 Å². The summed E-state index contributed by atoms with van der Waals surface area (Å²) in [5.41, 5.74) is 0. The molecule has 0 saturated heterocycles. The van der Waals surface area contributed by atoms with Crippen molar-refractivity contribution in [2.24, 2.45) is 5.92 Å². The van der Waals surface area contributed by atoms with Gasteiger partial charge in [-0.1, -0.05) is 19.8 Å². The van der Waals surface area contributed by atoms with Crippen LogP contribution in [0.15, 0.2) is 0 Å². The van der Waals surface area contributed by atoms with E-state index >= 15 is 0 Å². The van der Waals surface area contributed by atoms with Crippen LogP contribution >= 0.6 is 0 Å². The fraction of sp³-hybridized carbons (Fsp3) is 0.800. The smallest absolute Gasteiger partial charge is 0.309 e. The van der Waals surface area contributed by atoms with E-state index in [1.54, 1.807) is 0 Å². The lowest BCUT2D eigenvalue weighted by atomic mass is 9.80. The van der Waals surface area contributed by atoms with Gasteiger partial charge in [-0.2, -0.15) is 0 Å². The number of hydrogen-bond donors (Lipinski definition) is 0. The predicted octanol–water partition coefficient (Wildman–Crippen LogP) is 2.33. The van der Waals surface area contributed by atoms with Crippen LogP contribution in [0.25, 0.3) is 0 Å². The summed E-state index contributed by atoms with van der Waals surface area (Å²) in [4.78, 5) is 11.4. The topological polar surface area (TPSA) is 26.3 Å². The third-order valence-electron chi connectivity index (χ3n) is 2.48. The van der Waals surface area contributed by atoms with Gasteiger partial charge in [0.1, 0.15) is 0 Å². The van der Waals surface area contributed by atoms with Crippen LogP contribution in [-0.4, -0.2) is 12.6 Å². The molecule has 0 aromatic carbocycles. The summed E-state index contributed by atoms with van der Waals surface area (Å²) in [5.74, 6) is 1.38. The number of ether oxygens (including phenoxy) is 1. The molecular weight excluding hydrogens is 152 g/mol. The first-order valence-electron chi connectivity index (χ1n) is 4.74. The molecule has 1 atom stereocenters. The van der Waals surface area contributed by atoms with Gasteiger partial charge in [0, 0.05) is 0 Å². The Morgan fingerprint density at radius 1 is 1.58 bits per heavy atom. The van der Waals surface area contributed by atoms with Crippen molar-refractivity contribution >= 4 is 5.97 Å². The summed E-state index contributed by atoms with van der Waals surface area (Å²) in [5, 5.41) is 0. The van der Waals surface area contributed by atoms with Gasteiger partial charge < -0.3 is 4.74 Å². The maximum absolute atomic E-state index is 11.4. The highest BCUT2D eigenvalue weighted by Crippen LogP contribution is 2.31. The molecule has 1 radical (unpaired) electrons. The Kier molecular flexibility index (Phi) is 3.57. The van der Waals surface area contributed by atoms with E-state index in [9.17, 15) is 4.79 Å². The second-order valence-corrected chi connectivity index (χ2v) is 3.40. The minimum atomic E-state index is -0.0188. The summed E-state index contributed by atoms with van der Waals surface area (Å²) < 4.78 is 4.99. The molecule has 2 heteroatoms. The first-order valence-corrected chi connectivity index (χ1v) is 4.74. The molecule has 0 bridgehead atoms. The van der Waals surface area contributed by atoms with E-state index in [0.717, 1.165) is 12.8 Å². The highest BCUT2D eigenvalue weighted by Gasteiger charge is 2.28. The van der Waals surface area contributed by atoms with Crippen LogP contribution in [-0.2, 0) is 9.53 Å². The maximum Gasteiger partial charge on any atom is 0.309 e. The van der Waals surface area contributed by atoms with Gasteiger partial charge in [-0.15, -0.1) is 0 Å². The van der Waals surface area contributed by atoms with Crippen molar-refractivity contribution in [1.29, 1.82) is 0 Å². The number of carbonyl (C=O) groups is 1. The fourth-order valence-electron chi connectivity index (χ4n) is 1.73. The molecule has 12 heavy (non-hydrogen) atoms. The minimum absolute atomic E-state index is 0.0188. The Morgan fingerprint density at radius 3 is 2.92 bits per heavy atom. The lowest BCUT2D eigenvalue weighted by Crippen LogP contribution is -2.25. The highest BCUT2D eigenvalue weighted by atomic mass is 16.5. The van der Waals surface area contributed by atoms with Crippen LogP contribution in [0, 0.1) is 11.8 Å². The highest BCUT2D eigenvalue weighted by molar-refractivity contribution is 5.74. The van der Waals surface area contributed by atoms with E-state index in [-0.39, 0.29) is 11.9 Å². The molecule has 1 unspecified atom stereocenters. The molecule has 0 N–H and O–H groups in total. The quantitative estimate of drug-likeness (QED) is 0.593. The molecule has 1 aliphatic carbocycles. The van der Waals surface area contributed by atoms with Gasteiger partial charge in [-0.3, -0.25) is 4.79 Å². The molecule has 69 valence electrons. The zero-order chi connectivity index (χ0) is 8.97. The molecule has 1 rings (SSSR count). The molecule has 1 fully saturated rings. The zero-order valence-corrected chi connectivity index (χ0v) is 7.93. The van der Waals surface area contributed by atoms with Gasteiger partial charge in [-0.05, 0) is 25.7 Å². The van der Waals surface area contributed by atoms with Gasteiger partial charge in [0.15, 0.2) is 0 Å². The van der Waals surface area contributed by atoms with Crippen molar-refractivity contribution in [1.82, 2.24) is 0 Å². The van der Waals surface area contributed by atoms with Crippen LogP contribution in [0.5, 0.6) is 0 Å². The molecular formula is C10H17O2. The molecule has 0 aromatic heterocycles. The van der Waals surface area contributed by atoms with Gasteiger partial charge in [0.05, 0.1) is 12.5 Å². The van der Waals surface area contributed by atoms with E-state index < -0.39 is 0 Å². The third-order valence-corrected chi connectivity index (χ3v) is 2.48. The van der Waals surface area contributed by atoms with Crippen molar-refractivity contribution in [3.63, 3.8) is 0 Å². The first-order chi connectivity index (χ1) is 5.75. The number of rotatable bonds is 2. The van der Waals surface area contributed by atoms with Crippen LogP contribution in [0.1, 0.15) is 39.5 Å². The van der Waals surface area contributed by atoms with Crippen molar-refractivity contribution in [3.8, 4) is 0 Å². The van der Waals surface area contributed by atoms with E-state index in [1.807, 2.05) is 6.92 Å². The SMILES string of the molecule is CCOC(=O)C1CCCC[C]1C. The number of carbonyl (C=O) groups excluding carboxylic acids is 1. The average Bonchev–Trinajstić information content (AvgIpc) is 2.05. The van der Waals surface area contributed by atoms with Gasteiger partial charge >= 0.3 is 5.97 Å². The molecule has 0 aromatic rings. The monoisotopic (exact) mass is 169 g/mol. The third kappa shape index (κ3) is 2.23. The maximum atomic E-state index is 11.4. The Hall–Kier alpha value is -0.530. The lowest BCUT2D eigenvalue weighted by Gasteiger charge is -2.25. The Labute approximate surface area is 74.3 Å². The average molecular weight is 169 g/mol. The van der Waals surface area contributed by atoms with Crippen LogP contribution in [0.2, 0.25) is 0 Å². The van der Waals surface area contributed by atoms with Crippen LogP contribution < -0.4 is 0 Å². The van der Waals surface area contributed by atoms with Crippen molar-refractivity contribution < 1.29 is 9.53 Å². The zero-order valence-electron chi connectivity index (χ0n) is 7.93. The van der Waals surface area contributed by atoms with E-state index in [0.29, 0.717) is 6.61 Å². The molecule has 0 heterocycles. The fourth-order valence-corrected chi connectivity index (χ4v) is 1.73. The first kappa shape index (κ1) is 9.56. The second-order valence-electron chi connectivity index (χ2n) is 3.40. The Balaban J connectivity index is 2.42. The van der Waals surface area contributed by atoms with E-state index in [2.05, 4.69) is 6.92 Å². The molecule has 0 aliphatic heterocycles.